The van der Waals surface area contributed by atoms with Crippen LogP contribution in [-0.4, -0.2) is 48.3 Å². The molecule has 2 N–H and O–H groups in total. The van der Waals surface area contributed by atoms with Crippen molar-refractivity contribution in [3.63, 3.8) is 0 Å². The highest BCUT2D eigenvalue weighted by Crippen LogP contribution is 2.25. The Balaban J connectivity index is 2.04. The molecule has 1 heterocycles. The van der Waals surface area contributed by atoms with Crippen LogP contribution in [0.1, 0.15) is 64.2 Å². The lowest BCUT2D eigenvalue weighted by atomic mass is 9.87. The maximum Gasteiger partial charge on any atom is 0.251 e. The number of piperidine rings is 1. The van der Waals surface area contributed by atoms with Crippen molar-refractivity contribution in [1.29, 1.82) is 0 Å². The number of hydrogen-bond donors (Lipinski definition) is 2. The summed E-state index contributed by atoms with van der Waals surface area (Å²) in [6.07, 6.45) is 1.91. The van der Waals surface area contributed by atoms with Gasteiger partial charge in [-0.15, -0.1) is 0 Å². The molecule has 6 nitrogen and oxygen atoms in total. The third-order valence-electron chi connectivity index (χ3n) is 5.33. The molecule has 0 aromatic heterocycles. The first-order valence-electron chi connectivity index (χ1n) is 11.0. The molecule has 2 rings (SSSR count). The Morgan fingerprint density at radius 2 is 1.67 bits per heavy atom. The topological polar surface area (TPSA) is 78.5 Å². The second-order valence-electron chi connectivity index (χ2n) is 9.91. The van der Waals surface area contributed by atoms with Crippen molar-refractivity contribution in [1.82, 2.24) is 15.5 Å². The summed E-state index contributed by atoms with van der Waals surface area (Å²) in [6.45, 7) is 12.1. The van der Waals surface area contributed by atoms with E-state index in [-0.39, 0.29) is 29.1 Å². The summed E-state index contributed by atoms with van der Waals surface area (Å²) in [6, 6.07) is 8.35. The number of nitrogens with zero attached hydrogens (tertiary/aromatic N) is 1. The smallest absolute Gasteiger partial charge is 0.251 e. The molecule has 0 spiro atoms. The van der Waals surface area contributed by atoms with Crippen molar-refractivity contribution in [3.05, 3.63) is 35.9 Å². The van der Waals surface area contributed by atoms with Gasteiger partial charge in [-0.2, -0.15) is 0 Å². The monoisotopic (exact) mass is 415 g/mol. The average molecular weight is 416 g/mol. The molecule has 0 aliphatic carbocycles. The zero-order chi connectivity index (χ0) is 22.3. The summed E-state index contributed by atoms with van der Waals surface area (Å²) in [7, 11) is 0. The maximum atomic E-state index is 12.9. The van der Waals surface area contributed by atoms with Gasteiger partial charge < -0.3 is 15.5 Å². The molecule has 1 aliphatic heterocycles. The molecular weight excluding hydrogens is 378 g/mol. The van der Waals surface area contributed by atoms with Gasteiger partial charge in [0.2, 0.25) is 11.8 Å². The van der Waals surface area contributed by atoms with Crippen molar-refractivity contribution in [2.45, 2.75) is 59.9 Å². The molecule has 0 unspecified atom stereocenters. The average Bonchev–Trinajstić information content (AvgIpc) is 2.69. The lowest BCUT2D eigenvalue weighted by Crippen LogP contribution is -2.54. The zero-order valence-electron chi connectivity index (χ0n) is 19.0. The quantitative estimate of drug-likeness (QED) is 0.718. The van der Waals surface area contributed by atoms with Crippen LogP contribution in [0.4, 0.5) is 0 Å². The Morgan fingerprint density at radius 3 is 2.20 bits per heavy atom. The van der Waals surface area contributed by atoms with E-state index in [9.17, 15) is 14.4 Å². The van der Waals surface area contributed by atoms with Crippen molar-refractivity contribution in [3.8, 4) is 0 Å². The molecule has 6 heteroatoms. The van der Waals surface area contributed by atoms with Gasteiger partial charge in [-0.1, -0.05) is 52.8 Å². The molecule has 1 atom stereocenters. The van der Waals surface area contributed by atoms with Gasteiger partial charge in [0, 0.05) is 31.6 Å². The molecule has 0 saturated carbocycles. The van der Waals surface area contributed by atoms with Crippen LogP contribution in [0.3, 0.4) is 0 Å². The number of nitrogens with one attached hydrogen (secondary N) is 2. The lowest BCUT2D eigenvalue weighted by molar-refractivity contribution is -0.134. The van der Waals surface area contributed by atoms with Crippen LogP contribution >= 0.6 is 0 Å². The van der Waals surface area contributed by atoms with E-state index in [2.05, 4.69) is 31.4 Å². The van der Waals surface area contributed by atoms with Gasteiger partial charge in [-0.3, -0.25) is 14.4 Å². The SMILES string of the molecule is CC(C)CNC(=O)[C@H](NC(=O)c1ccccc1)C1CCN(C(=O)CC(C)(C)C)CC1. The van der Waals surface area contributed by atoms with E-state index in [1.165, 1.54) is 0 Å². The fourth-order valence-electron chi connectivity index (χ4n) is 3.67. The molecule has 3 amide bonds. The number of rotatable bonds is 7. The maximum absolute atomic E-state index is 12.9. The Morgan fingerprint density at radius 1 is 1.07 bits per heavy atom. The highest BCUT2D eigenvalue weighted by Gasteiger charge is 2.34. The van der Waals surface area contributed by atoms with Gasteiger partial charge in [0.1, 0.15) is 6.04 Å². The standard InChI is InChI=1S/C24H37N3O3/c1-17(2)16-25-23(30)21(26-22(29)19-9-7-6-8-10-19)18-11-13-27(14-12-18)20(28)15-24(3,4)5/h6-10,17-18,21H,11-16H2,1-5H3,(H,25,30)(H,26,29)/t21-/m1/s1. The molecule has 1 aromatic rings. The second-order valence-corrected chi connectivity index (χ2v) is 9.91. The highest BCUT2D eigenvalue weighted by atomic mass is 16.2. The predicted molar refractivity (Wildman–Crippen MR) is 119 cm³/mol. The molecule has 0 radical (unpaired) electrons. The Hall–Kier alpha value is -2.37. The van der Waals surface area contributed by atoms with Crippen molar-refractivity contribution >= 4 is 17.7 Å². The van der Waals surface area contributed by atoms with Crippen LogP contribution in [0.2, 0.25) is 0 Å². The lowest BCUT2D eigenvalue weighted by Gasteiger charge is -2.37. The van der Waals surface area contributed by atoms with Crippen molar-refractivity contribution in [2.24, 2.45) is 17.3 Å². The molecule has 30 heavy (non-hydrogen) atoms. The fraction of sp³-hybridized carbons (Fsp3) is 0.625. The number of carbonyl (C=O) groups excluding carboxylic acids is 3. The van der Waals surface area contributed by atoms with Gasteiger partial charge >= 0.3 is 0 Å². The normalized spacial score (nSPS) is 16.3. The summed E-state index contributed by atoms with van der Waals surface area (Å²) >= 11 is 0. The minimum absolute atomic E-state index is 0.00325. The zero-order valence-corrected chi connectivity index (χ0v) is 19.0. The summed E-state index contributed by atoms with van der Waals surface area (Å²) in [5, 5.41) is 5.92. The Labute approximate surface area is 180 Å². The minimum Gasteiger partial charge on any atom is -0.354 e. The van der Waals surface area contributed by atoms with Gasteiger partial charge in [-0.05, 0) is 42.2 Å². The molecule has 1 aromatic carbocycles. The molecule has 1 saturated heterocycles. The van der Waals surface area contributed by atoms with Crippen molar-refractivity contribution < 1.29 is 14.4 Å². The van der Waals surface area contributed by atoms with E-state index in [4.69, 9.17) is 0 Å². The van der Waals surface area contributed by atoms with Gasteiger partial charge in [0.05, 0.1) is 0 Å². The molecule has 1 fully saturated rings. The van der Waals surface area contributed by atoms with Crippen LogP contribution in [0.25, 0.3) is 0 Å². The first kappa shape index (κ1) is 23.9. The number of hydrogen-bond acceptors (Lipinski definition) is 3. The summed E-state index contributed by atoms with van der Waals surface area (Å²) < 4.78 is 0. The van der Waals surface area contributed by atoms with Crippen LogP contribution in [-0.2, 0) is 9.59 Å². The minimum atomic E-state index is -0.601. The van der Waals surface area contributed by atoms with E-state index in [0.717, 1.165) is 0 Å². The third kappa shape index (κ3) is 7.47. The van der Waals surface area contributed by atoms with Gasteiger partial charge in [-0.25, -0.2) is 0 Å². The molecule has 0 bridgehead atoms. The number of benzene rings is 1. The Bertz CT molecular complexity index is 717. The Kier molecular flexibility index (Phi) is 8.44. The van der Waals surface area contributed by atoms with Gasteiger partial charge in [0.25, 0.3) is 5.91 Å². The highest BCUT2D eigenvalue weighted by molar-refractivity contribution is 5.97. The van der Waals surface area contributed by atoms with E-state index >= 15 is 0 Å². The number of carbonyl (C=O) groups is 3. The van der Waals surface area contributed by atoms with Crippen molar-refractivity contribution in [2.75, 3.05) is 19.6 Å². The largest absolute Gasteiger partial charge is 0.354 e. The first-order valence-corrected chi connectivity index (χ1v) is 11.0. The van der Waals surface area contributed by atoms with Crippen LogP contribution in [0.15, 0.2) is 30.3 Å². The summed E-state index contributed by atoms with van der Waals surface area (Å²) in [5.74, 6) is 0.105. The fourth-order valence-corrected chi connectivity index (χ4v) is 3.67. The number of amides is 3. The first-order chi connectivity index (χ1) is 14.1. The van der Waals surface area contributed by atoms with E-state index in [1.807, 2.05) is 36.9 Å². The second kappa shape index (κ2) is 10.6. The van der Waals surface area contributed by atoms with Crippen LogP contribution in [0, 0.1) is 17.3 Å². The van der Waals surface area contributed by atoms with E-state index < -0.39 is 6.04 Å². The van der Waals surface area contributed by atoms with E-state index in [0.29, 0.717) is 50.4 Å². The van der Waals surface area contributed by atoms with Crippen LogP contribution < -0.4 is 10.6 Å². The van der Waals surface area contributed by atoms with E-state index in [1.54, 1.807) is 12.1 Å². The third-order valence-corrected chi connectivity index (χ3v) is 5.33. The van der Waals surface area contributed by atoms with Gasteiger partial charge in [0.15, 0.2) is 0 Å². The van der Waals surface area contributed by atoms with Crippen LogP contribution in [0.5, 0.6) is 0 Å². The molecular formula is C24H37N3O3. The summed E-state index contributed by atoms with van der Waals surface area (Å²) in [4.78, 5) is 40.1. The predicted octanol–water partition coefficient (Wildman–Crippen LogP) is 3.23. The summed E-state index contributed by atoms with van der Waals surface area (Å²) in [5.41, 5.74) is 0.494. The molecule has 166 valence electrons. The molecule has 1 aliphatic rings. The number of likely N-dealkylation sites (tertiary alicyclic amines) is 1.